The van der Waals surface area contributed by atoms with Gasteiger partial charge in [0.05, 0.1) is 6.10 Å². The number of nitrogens with two attached hydrogens (primary N) is 1. The van der Waals surface area contributed by atoms with Crippen LogP contribution in [0.4, 0.5) is 0 Å². The summed E-state index contributed by atoms with van der Waals surface area (Å²) in [7, 11) is 1.87. The van der Waals surface area contributed by atoms with Gasteiger partial charge in [-0.2, -0.15) is 0 Å². The zero-order chi connectivity index (χ0) is 11.5. The average molecular weight is 226 g/mol. The highest BCUT2D eigenvalue weighted by atomic mass is 16.5. The molecule has 0 bridgehead atoms. The molecule has 3 heteroatoms. The zero-order valence-electron chi connectivity index (χ0n) is 10.7. The summed E-state index contributed by atoms with van der Waals surface area (Å²) < 4.78 is 5.66. The van der Waals surface area contributed by atoms with Crippen molar-refractivity contribution in [3.8, 4) is 0 Å². The van der Waals surface area contributed by atoms with Gasteiger partial charge < -0.3 is 10.5 Å². The smallest absolute Gasteiger partial charge is 0.0726 e. The second-order valence-electron chi connectivity index (χ2n) is 5.51. The number of likely N-dealkylation sites (tertiary alicyclic amines) is 1. The van der Waals surface area contributed by atoms with E-state index in [2.05, 4.69) is 11.8 Å². The van der Waals surface area contributed by atoms with Crippen LogP contribution in [0.25, 0.3) is 0 Å². The molecule has 0 spiro atoms. The number of ether oxygens (including phenoxy) is 1. The summed E-state index contributed by atoms with van der Waals surface area (Å²) in [5.41, 5.74) is 5.80. The van der Waals surface area contributed by atoms with Crippen LogP contribution in [-0.4, -0.2) is 43.3 Å². The van der Waals surface area contributed by atoms with Gasteiger partial charge in [-0.15, -0.1) is 0 Å². The average Bonchev–Trinajstić information content (AvgIpc) is 2.70. The van der Waals surface area contributed by atoms with E-state index in [0.29, 0.717) is 24.1 Å². The summed E-state index contributed by atoms with van der Waals surface area (Å²) in [5.74, 6) is 0.703. The first-order valence-electron chi connectivity index (χ1n) is 6.74. The Labute approximate surface area is 99.3 Å². The molecule has 0 aromatic heterocycles. The van der Waals surface area contributed by atoms with Crippen molar-refractivity contribution in [2.45, 2.75) is 57.2 Å². The second kappa shape index (κ2) is 5.48. The van der Waals surface area contributed by atoms with Crippen LogP contribution in [0.1, 0.15) is 39.0 Å². The minimum Gasteiger partial charge on any atom is -0.380 e. The van der Waals surface area contributed by atoms with Gasteiger partial charge in [0.2, 0.25) is 0 Å². The Morgan fingerprint density at radius 2 is 2.06 bits per heavy atom. The van der Waals surface area contributed by atoms with Crippen LogP contribution in [0, 0.1) is 5.92 Å². The normalized spacial score (nSPS) is 41.4. The lowest BCUT2D eigenvalue weighted by Crippen LogP contribution is -2.48. The van der Waals surface area contributed by atoms with E-state index in [1.54, 1.807) is 0 Å². The van der Waals surface area contributed by atoms with E-state index in [4.69, 9.17) is 10.5 Å². The van der Waals surface area contributed by atoms with Gasteiger partial charge in [0.1, 0.15) is 0 Å². The van der Waals surface area contributed by atoms with Gasteiger partial charge in [-0.25, -0.2) is 0 Å². The number of nitrogens with zero attached hydrogens (tertiary/aromatic N) is 1. The van der Waals surface area contributed by atoms with Crippen LogP contribution in [-0.2, 0) is 4.74 Å². The van der Waals surface area contributed by atoms with Gasteiger partial charge in [-0.1, -0.05) is 12.8 Å². The third-order valence-electron chi connectivity index (χ3n) is 4.44. The molecule has 1 heterocycles. The Morgan fingerprint density at radius 3 is 2.69 bits per heavy atom. The third kappa shape index (κ3) is 2.41. The lowest BCUT2D eigenvalue weighted by atomic mass is 9.91. The largest absolute Gasteiger partial charge is 0.380 e. The molecule has 4 atom stereocenters. The van der Waals surface area contributed by atoms with Crippen molar-refractivity contribution in [2.24, 2.45) is 11.7 Å². The fourth-order valence-electron chi connectivity index (χ4n) is 3.54. The fourth-order valence-corrected chi connectivity index (χ4v) is 3.54. The Bertz CT molecular complexity index is 222. The second-order valence-corrected chi connectivity index (χ2v) is 5.51. The molecule has 2 rings (SSSR count). The van der Waals surface area contributed by atoms with Crippen molar-refractivity contribution >= 4 is 0 Å². The molecule has 1 aliphatic carbocycles. The van der Waals surface area contributed by atoms with Crippen LogP contribution in [0.3, 0.4) is 0 Å². The molecule has 0 aromatic rings. The van der Waals surface area contributed by atoms with Crippen LogP contribution >= 0.6 is 0 Å². The van der Waals surface area contributed by atoms with Crippen molar-refractivity contribution < 1.29 is 4.74 Å². The number of hydrogen-bond acceptors (Lipinski definition) is 3. The minimum absolute atomic E-state index is 0.452. The highest BCUT2D eigenvalue weighted by Gasteiger charge is 2.37. The lowest BCUT2D eigenvalue weighted by molar-refractivity contribution is -0.0144. The molecule has 2 aliphatic rings. The van der Waals surface area contributed by atoms with E-state index in [-0.39, 0.29) is 0 Å². The van der Waals surface area contributed by atoms with E-state index in [9.17, 15) is 0 Å². The van der Waals surface area contributed by atoms with E-state index in [1.807, 2.05) is 7.11 Å². The van der Waals surface area contributed by atoms with Crippen molar-refractivity contribution in [3.63, 3.8) is 0 Å². The first kappa shape index (κ1) is 12.3. The maximum atomic E-state index is 5.80. The Morgan fingerprint density at radius 1 is 1.31 bits per heavy atom. The molecule has 3 nitrogen and oxygen atoms in total. The quantitative estimate of drug-likeness (QED) is 0.794. The summed E-state index contributed by atoms with van der Waals surface area (Å²) in [4.78, 5) is 2.66. The monoisotopic (exact) mass is 226 g/mol. The zero-order valence-corrected chi connectivity index (χ0v) is 10.7. The van der Waals surface area contributed by atoms with Crippen LogP contribution in [0.2, 0.25) is 0 Å². The summed E-state index contributed by atoms with van der Waals surface area (Å²) in [5, 5.41) is 0. The molecule has 2 N–H and O–H groups in total. The van der Waals surface area contributed by atoms with Crippen LogP contribution < -0.4 is 5.73 Å². The van der Waals surface area contributed by atoms with E-state index in [1.165, 1.54) is 38.6 Å². The predicted molar refractivity (Wildman–Crippen MR) is 66.4 cm³/mol. The first-order valence-corrected chi connectivity index (χ1v) is 6.74. The number of rotatable bonds is 3. The molecule has 0 amide bonds. The van der Waals surface area contributed by atoms with Crippen molar-refractivity contribution in [2.75, 3.05) is 20.2 Å². The highest BCUT2D eigenvalue weighted by molar-refractivity contribution is 4.92. The number of methoxy groups -OCH3 is 1. The van der Waals surface area contributed by atoms with Crippen LogP contribution in [0.15, 0.2) is 0 Å². The molecule has 1 aliphatic heterocycles. The van der Waals surface area contributed by atoms with Crippen molar-refractivity contribution in [1.82, 2.24) is 4.90 Å². The Balaban J connectivity index is 1.99. The van der Waals surface area contributed by atoms with Gasteiger partial charge >= 0.3 is 0 Å². The standard InChI is InChI=1S/C13H26N2O/c1-10-7-11(8-14)9-15(10)12-5-3-4-6-13(12)16-2/h10-13H,3-9,14H2,1-2H3. The Hall–Kier alpha value is -0.120. The molecule has 0 aromatic carbocycles. The molecular formula is C13H26N2O. The van der Waals surface area contributed by atoms with Gasteiger partial charge in [0.15, 0.2) is 0 Å². The lowest BCUT2D eigenvalue weighted by Gasteiger charge is -2.39. The molecule has 4 unspecified atom stereocenters. The van der Waals surface area contributed by atoms with Crippen molar-refractivity contribution in [3.05, 3.63) is 0 Å². The van der Waals surface area contributed by atoms with Crippen molar-refractivity contribution in [1.29, 1.82) is 0 Å². The molecule has 1 saturated carbocycles. The maximum Gasteiger partial charge on any atom is 0.0726 e. The summed E-state index contributed by atoms with van der Waals surface area (Å²) in [6.07, 6.45) is 6.95. The van der Waals surface area contributed by atoms with Gasteiger partial charge in [0, 0.05) is 25.7 Å². The topological polar surface area (TPSA) is 38.5 Å². The van der Waals surface area contributed by atoms with Gasteiger partial charge in [0.25, 0.3) is 0 Å². The van der Waals surface area contributed by atoms with E-state index < -0.39 is 0 Å². The molecule has 16 heavy (non-hydrogen) atoms. The Kier molecular flexibility index (Phi) is 4.22. The third-order valence-corrected chi connectivity index (χ3v) is 4.44. The predicted octanol–water partition coefficient (Wildman–Crippen LogP) is 1.61. The summed E-state index contributed by atoms with van der Waals surface area (Å²) in [6.45, 7) is 4.37. The summed E-state index contributed by atoms with van der Waals surface area (Å²) >= 11 is 0. The molecule has 94 valence electrons. The minimum atomic E-state index is 0.452. The number of hydrogen-bond donors (Lipinski definition) is 1. The summed E-state index contributed by atoms with van der Waals surface area (Å²) in [6, 6.07) is 1.33. The molecule has 1 saturated heterocycles. The first-order chi connectivity index (χ1) is 7.76. The highest BCUT2D eigenvalue weighted by Crippen LogP contribution is 2.32. The van der Waals surface area contributed by atoms with E-state index >= 15 is 0 Å². The van der Waals surface area contributed by atoms with Gasteiger partial charge in [-0.3, -0.25) is 4.90 Å². The van der Waals surface area contributed by atoms with Gasteiger partial charge in [-0.05, 0) is 38.6 Å². The fraction of sp³-hybridized carbons (Fsp3) is 1.00. The maximum absolute atomic E-state index is 5.80. The molecule has 0 radical (unpaired) electrons. The van der Waals surface area contributed by atoms with Crippen LogP contribution in [0.5, 0.6) is 0 Å². The SMILES string of the molecule is COC1CCCCC1N1CC(CN)CC1C. The van der Waals surface area contributed by atoms with E-state index in [0.717, 1.165) is 6.54 Å². The molecule has 2 fully saturated rings. The molecular weight excluding hydrogens is 200 g/mol.